The van der Waals surface area contributed by atoms with E-state index in [2.05, 4.69) is 10.0 Å². The number of rotatable bonds is 10. The Labute approximate surface area is 111 Å². The standard InChI is InChI=1S/C11H27N3O3S/c1-6-12-8-7-9-14(4)18(15,16)13-10-11(2,3)17-5/h12-13H,6-10H2,1-5H3. The molecular weight excluding hydrogens is 254 g/mol. The Morgan fingerprint density at radius 1 is 1.33 bits per heavy atom. The molecular formula is C11H27N3O3S. The quantitative estimate of drug-likeness (QED) is 0.560. The molecule has 0 aromatic rings. The second-order valence-electron chi connectivity index (χ2n) is 4.82. The maximum atomic E-state index is 11.9. The van der Waals surface area contributed by atoms with Gasteiger partial charge in [-0.25, -0.2) is 0 Å². The van der Waals surface area contributed by atoms with Crippen molar-refractivity contribution in [2.45, 2.75) is 32.8 Å². The van der Waals surface area contributed by atoms with E-state index >= 15 is 0 Å². The zero-order chi connectivity index (χ0) is 14.2. The predicted octanol–water partition coefficient (Wildman–Crippen LogP) is 0.177. The molecule has 0 rings (SSSR count). The third kappa shape index (κ3) is 7.27. The van der Waals surface area contributed by atoms with Crippen molar-refractivity contribution in [3.8, 4) is 0 Å². The van der Waals surface area contributed by atoms with Gasteiger partial charge in [-0.1, -0.05) is 6.92 Å². The lowest BCUT2D eigenvalue weighted by Crippen LogP contribution is -2.45. The van der Waals surface area contributed by atoms with Crippen LogP contribution in [0.3, 0.4) is 0 Å². The fourth-order valence-electron chi connectivity index (χ4n) is 1.17. The van der Waals surface area contributed by atoms with Crippen LogP contribution in [0.2, 0.25) is 0 Å². The predicted molar refractivity (Wildman–Crippen MR) is 73.8 cm³/mol. The largest absolute Gasteiger partial charge is 0.377 e. The van der Waals surface area contributed by atoms with Gasteiger partial charge in [0.05, 0.1) is 5.60 Å². The molecule has 110 valence electrons. The van der Waals surface area contributed by atoms with Crippen LogP contribution in [0, 0.1) is 0 Å². The lowest BCUT2D eigenvalue weighted by molar-refractivity contribution is 0.0273. The maximum Gasteiger partial charge on any atom is 0.279 e. The molecule has 0 aromatic heterocycles. The van der Waals surface area contributed by atoms with E-state index in [4.69, 9.17) is 4.74 Å². The molecule has 0 aromatic carbocycles. The first kappa shape index (κ1) is 17.8. The van der Waals surface area contributed by atoms with Crippen LogP contribution in [-0.4, -0.2) is 58.7 Å². The summed E-state index contributed by atoms with van der Waals surface area (Å²) in [7, 11) is -0.274. The monoisotopic (exact) mass is 281 g/mol. The zero-order valence-electron chi connectivity index (χ0n) is 12.1. The summed E-state index contributed by atoms with van der Waals surface area (Å²) in [6, 6.07) is 0. The summed E-state index contributed by atoms with van der Waals surface area (Å²) in [4.78, 5) is 0. The van der Waals surface area contributed by atoms with E-state index in [-0.39, 0.29) is 6.54 Å². The van der Waals surface area contributed by atoms with Gasteiger partial charge in [0.2, 0.25) is 0 Å². The van der Waals surface area contributed by atoms with Crippen LogP contribution < -0.4 is 10.0 Å². The highest BCUT2D eigenvalue weighted by Gasteiger charge is 2.22. The highest BCUT2D eigenvalue weighted by molar-refractivity contribution is 7.87. The van der Waals surface area contributed by atoms with E-state index in [0.29, 0.717) is 6.54 Å². The summed E-state index contributed by atoms with van der Waals surface area (Å²) in [6.07, 6.45) is 0.791. The summed E-state index contributed by atoms with van der Waals surface area (Å²) >= 11 is 0. The molecule has 0 aliphatic carbocycles. The van der Waals surface area contributed by atoms with Crippen molar-refractivity contribution in [3.63, 3.8) is 0 Å². The molecule has 0 radical (unpaired) electrons. The lowest BCUT2D eigenvalue weighted by Gasteiger charge is -2.25. The highest BCUT2D eigenvalue weighted by atomic mass is 32.2. The van der Waals surface area contributed by atoms with Gasteiger partial charge >= 0.3 is 0 Å². The summed E-state index contributed by atoms with van der Waals surface area (Å²) in [5.74, 6) is 0. The summed E-state index contributed by atoms with van der Waals surface area (Å²) in [5, 5.41) is 3.16. The molecule has 2 N–H and O–H groups in total. The van der Waals surface area contributed by atoms with Crippen molar-refractivity contribution in [3.05, 3.63) is 0 Å². The van der Waals surface area contributed by atoms with Crippen LogP contribution in [0.1, 0.15) is 27.2 Å². The molecule has 0 aliphatic rings. The van der Waals surface area contributed by atoms with Crippen LogP contribution >= 0.6 is 0 Å². The Balaban J connectivity index is 4.12. The first-order chi connectivity index (χ1) is 8.25. The van der Waals surface area contributed by atoms with Gasteiger partial charge in [-0.15, -0.1) is 0 Å². The van der Waals surface area contributed by atoms with Gasteiger partial charge in [-0.3, -0.25) is 0 Å². The lowest BCUT2D eigenvalue weighted by atomic mass is 10.1. The second kappa shape index (κ2) is 8.06. The number of hydrogen-bond donors (Lipinski definition) is 2. The molecule has 0 spiro atoms. The molecule has 7 heteroatoms. The van der Waals surface area contributed by atoms with Crippen molar-refractivity contribution in [2.75, 3.05) is 40.3 Å². The topological polar surface area (TPSA) is 70.7 Å². The molecule has 18 heavy (non-hydrogen) atoms. The molecule has 0 unspecified atom stereocenters. The van der Waals surface area contributed by atoms with Gasteiger partial charge < -0.3 is 10.1 Å². The molecule has 0 bridgehead atoms. The molecule has 0 atom stereocenters. The smallest absolute Gasteiger partial charge is 0.279 e. The average molecular weight is 281 g/mol. The average Bonchev–Trinajstić information content (AvgIpc) is 2.32. The number of nitrogens with zero attached hydrogens (tertiary/aromatic N) is 1. The minimum absolute atomic E-state index is 0.253. The molecule has 0 aliphatic heterocycles. The van der Waals surface area contributed by atoms with E-state index in [0.717, 1.165) is 19.5 Å². The molecule has 0 saturated carbocycles. The fraction of sp³-hybridized carbons (Fsp3) is 1.00. The van der Waals surface area contributed by atoms with Crippen LogP contribution in [0.25, 0.3) is 0 Å². The SMILES string of the molecule is CCNCCCN(C)S(=O)(=O)NCC(C)(C)OC. The Bertz CT molecular complexity index is 317. The van der Waals surface area contributed by atoms with Gasteiger partial charge in [0.25, 0.3) is 10.2 Å². The van der Waals surface area contributed by atoms with Crippen molar-refractivity contribution < 1.29 is 13.2 Å². The minimum atomic E-state index is -3.42. The molecule has 6 nitrogen and oxygen atoms in total. The van der Waals surface area contributed by atoms with E-state index in [1.54, 1.807) is 14.2 Å². The third-order valence-electron chi connectivity index (χ3n) is 2.72. The Hall–Kier alpha value is -0.210. The normalized spacial score (nSPS) is 13.2. The van der Waals surface area contributed by atoms with Crippen LogP contribution in [0.4, 0.5) is 0 Å². The van der Waals surface area contributed by atoms with Crippen LogP contribution in [0.5, 0.6) is 0 Å². The third-order valence-corrected chi connectivity index (χ3v) is 4.23. The van der Waals surface area contributed by atoms with E-state index in [1.807, 2.05) is 20.8 Å². The first-order valence-electron chi connectivity index (χ1n) is 6.22. The molecule has 0 saturated heterocycles. The van der Waals surface area contributed by atoms with Gasteiger partial charge in [0, 0.05) is 27.2 Å². The number of nitrogens with one attached hydrogen (secondary N) is 2. The number of hydrogen-bond acceptors (Lipinski definition) is 4. The Morgan fingerprint density at radius 2 is 1.94 bits per heavy atom. The van der Waals surface area contributed by atoms with Crippen LogP contribution in [-0.2, 0) is 14.9 Å². The van der Waals surface area contributed by atoms with Crippen molar-refractivity contribution in [1.82, 2.24) is 14.3 Å². The van der Waals surface area contributed by atoms with Crippen molar-refractivity contribution in [2.24, 2.45) is 0 Å². The van der Waals surface area contributed by atoms with E-state index in [9.17, 15) is 8.42 Å². The van der Waals surface area contributed by atoms with Crippen molar-refractivity contribution in [1.29, 1.82) is 0 Å². The maximum absolute atomic E-state index is 11.9. The summed E-state index contributed by atoms with van der Waals surface area (Å²) in [5.41, 5.74) is -0.502. The number of ether oxygens (including phenoxy) is 1. The van der Waals surface area contributed by atoms with E-state index in [1.165, 1.54) is 4.31 Å². The fourth-order valence-corrected chi connectivity index (χ4v) is 2.29. The first-order valence-corrected chi connectivity index (χ1v) is 7.66. The summed E-state index contributed by atoms with van der Waals surface area (Å²) < 4.78 is 32.8. The van der Waals surface area contributed by atoms with E-state index < -0.39 is 15.8 Å². The van der Waals surface area contributed by atoms with Gasteiger partial charge in [0.15, 0.2) is 0 Å². The Morgan fingerprint density at radius 3 is 2.44 bits per heavy atom. The van der Waals surface area contributed by atoms with Gasteiger partial charge in [-0.05, 0) is 33.4 Å². The van der Waals surface area contributed by atoms with Gasteiger partial charge in [0.1, 0.15) is 0 Å². The van der Waals surface area contributed by atoms with Crippen molar-refractivity contribution >= 4 is 10.2 Å². The zero-order valence-corrected chi connectivity index (χ0v) is 12.9. The Kier molecular flexibility index (Phi) is 7.97. The highest BCUT2D eigenvalue weighted by Crippen LogP contribution is 2.06. The minimum Gasteiger partial charge on any atom is -0.377 e. The molecule has 0 heterocycles. The van der Waals surface area contributed by atoms with Crippen LogP contribution in [0.15, 0.2) is 0 Å². The molecule has 0 amide bonds. The summed E-state index contributed by atoms with van der Waals surface area (Å²) in [6.45, 7) is 8.16. The van der Waals surface area contributed by atoms with Gasteiger partial charge in [-0.2, -0.15) is 17.4 Å². The number of methoxy groups -OCH3 is 1. The second-order valence-corrected chi connectivity index (χ2v) is 6.68. The molecule has 0 fully saturated rings.